The van der Waals surface area contributed by atoms with E-state index in [-0.39, 0.29) is 0 Å². The van der Waals surface area contributed by atoms with Gasteiger partial charge in [0.2, 0.25) is 6.54 Å². The van der Waals surface area contributed by atoms with Crippen LogP contribution in [0.3, 0.4) is 0 Å². The van der Waals surface area contributed by atoms with Crippen molar-refractivity contribution in [1.29, 1.82) is 0 Å². The Kier molecular flexibility index (Phi) is 1.97. The lowest BCUT2D eigenvalue weighted by molar-refractivity contribution is -0.137. The van der Waals surface area contributed by atoms with Gasteiger partial charge in [0.1, 0.15) is 0 Å². The smallest absolute Gasteiger partial charge is 0.303 e. The molecule has 21 heavy (non-hydrogen) atoms. The zero-order valence-electron chi connectivity index (χ0n) is 12.5. The van der Waals surface area contributed by atoms with Gasteiger partial charge in [0.15, 0.2) is 0 Å². The number of fused-ring (bicyclic) bond motifs is 2. The molecule has 6 fully saturated rings. The van der Waals surface area contributed by atoms with E-state index in [1.54, 1.807) is 0 Å². The minimum absolute atomic E-state index is 0.444. The van der Waals surface area contributed by atoms with Crippen LogP contribution >= 0.6 is 0 Å². The maximum Gasteiger partial charge on any atom is 0.303 e. The number of carbonyl (C=O) groups is 1. The van der Waals surface area contributed by atoms with Crippen LogP contribution in [0.1, 0.15) is 57.8 Å². The number of carboxylic acid groups (broad SMARTS) is 1. The normalized spacial score (nSPS) is 40.1. The summed E-state index contributed by atoms with van der Waals surface area (Å²) in [4.78, 5) is 14.0. The quantitative estimate of drug-likeness (QED) is 0.802. The number of hydrogen-bond donors (Lipinski definition) is 1. The van der Waals surface area contributed by atoms with E-state index in [0.717, 1.165) is 23.3 Å². The minimum atomic E-state index is -0.593. The number of hydrogen-bond acceptors (Lipinski definition) is 1. The number of aliphatic carboxylic acids is 1. The van der Waals surface area contributed by atoms with Gasteiger partial charge in [0.25, 0.3) is 0 Å². The molecule has 3 heteroatoms. The molecule has 3 nitrogen and oxygen atoms in total. The molecule has 6 aliphatic carbocycles. The molecule has 0 bridgehead atoms. The highest BCUT2D eigenvalue weighted by atomic mass is 16.4. The summed E-state index contributed by atoms with van der Waals surface area (Å²) in [6.45, 7) is 7.64. The van der Waals surface area contributed by atoms with E-state index in [1.807, 2.05) is 0 Å². The Hall–Kier alpha value is -1.04. The summed E-state index contributed by atoms with van der Waals surface area (Å²) < 4.78 is 0. The zero-order chi connectivity index (χ0) is 14.5. The molecule has 6 rings (SSSR count). The summed E-state index contributed by atoms with van der Waals surface area (Å²) in [7, 11) is 0. The molecule has 6 saturated carbocycles. The van der Waals surface area contributed by atoms with Gasteiger partial charge in [-0.25, -0.2) is 6.57 Å². The van der Waals surface area contributed by atoms with Crippen molar-refractivity contribution < 1.29 is 9.90 Å². The zero-order valence-corrected chi connectivity index (χ0v) is 12.5. The van der Waals surface area contributed by atoms with Crippen LogP contribution in [-0.2, 0) is 4.79 Å². The summed E-state index contributed by atoms with van der Waals surface area (Å²) in [6.07, 6.45) is 11.5. The second-order valence-electron chi connectivity index (χ2n) is 8.67. The molecule has 1 N–H and O–H groups in total. The Morgan fingerprint density at radius 2 is 1.29 bits per heavy atom. The Morgan fingerprint density at radius 1 is 0.905 bits per heavy atom. The largest absolute Gasteiger partial charge is 0.481 e. The first-order valence-corrected chi connectivity index (χ1v) is 8.62. The van der Waals surface area contributed by atoms with E-state index >= 15 is 0 Å². The minimum Gasteiger partial charge on any atom is -0.481 e. The van der Waals surface area contributed by atoms with E-state index in [0.29, 0.717) is 23.2 Å². The topological polar surface area (TPSA) is 41.7 Å². The first-order chi connectivity index (χ1) is 10.1. The van der Waals surface area contributed by atoms with Gasteiger partial charge in [0, 0.05) is 12.3 Å². The molecule has 0 saturated heterocycles. The van der Waals surface area contributed by atoms with Gasteiger partial charge in [-0.15, -0.1) is 0 Å². The molecule has 0 aliphatic heterocycles. The highest BCUT2D eigenvalue weighted by Gasteiger charge is 2.87. The van der Waals surface area contributed by atoms with Crippen LogP contribution in [0, 0.1) is 40.1 Å². The van der Waals surface area contributed by atoms with Crippen LogP contribution in [0.25, 0.3) is 4.85 Å². The fourth-order valence-electron chi connectivity index (χ4n) is 6.61. The summed E-state index contributed by atoms with van der Waals surface area (Å²) in [5, 5.41) is 8.64. The van der Waals surface area contributed by atoms with Gasteiger partial charge in [0.05, 0.1) is 0 Å². The molecule has 0 aromatic heterocycles. The van der Waals surface area contributed by atoms with Crippen LogP contribution in [-0.4, -0.2) is 17.6 Å². The molecular weight excluding hydrogens is 262 g/mol. The van der Waals surface area contributed by atoms with Crippen molar-refractivity contribution in [2.45, 2.75) is 57.8 Å². The summed E-state index contributed by atoms with van der Waals surface area (Å²) in [5.41, 5.74) is 2.67. The third-order valence-corrected chi connectivity index (χ3v) is 8.29. The monoisotopic (exact) mass is 285 g/mol. The second-order valence-corrected chi connectivity index (χ2v) is 8.67. The highest BCUT2D eigenvalue weighted by molar-refractivity contribution is 5.69. The second kappa shape index (κ2) is 3.31. The van der Waals surface area contributed by atoms with E-state index < -0.39 is 5.97 Å². The van der Waals surface area contributed by atoms with E-state index in [2.05, 4.69) is 4.85 Å². The predicted molar refractivity (Wildman–Crippen MR) is 77.4 cm³/mol. The van der Waals surface area contributed by atoms with Gasteiger partial charge in [-0.1, -0.05) is 0 Å². The molecule has 4 spiro atoms. The van der Waals surface area contributed by atoms with Gasteiger partial charge in [-0.3, -0.25) is 4.79 Å². The standard InChI is InChI=1S/C9H11N.C9H12O2/c1-10-6-7-8(2-3-8)9(7)4-5-9;10-7(11)5-6-8(1-2-8)9(6)3-4-9/h7H,2-6H2;6H,1-5H2,(H,10,11). The van der Waals surface area contributed by atoms with E-state index in [4.69, 9.17) is 11.7 Å². The SMILES string of the molecule is O=C(O)CC1C2(CC2)C12CC2.[C-]#[N+]CC1C2(CC2)C12CC2. The molecule has 6 aliphatic rings. The first-order valence-electron chi connectivity index (χ1n) is 8.62. The van der Waals surface area contributed by atoms with Crippen molar-refractivity contribution in [3.8, 4) is 0 Å². The average Bonchev–Trinajstić information content (AvgIpc) is 3.27. The maximum absolute atomic E-state index is 10.5. The number of carboxylic acids is 1. The summed E-state index contributed by atoms with van der Waals surface area (Å²) in [6, 6.07) is 0. The third-order valence-electron chi connectivity index (χ3n) is 8.29. The van der Waals surface area contributed by atoms with Crippen LogP contribution in [0.4, 0.5) is 0 Å². The fourth-order valence-corrected chi connectivity index (χ4v) is 6.61. The third kappa shape index (κ3) is 1.33. The molecule has 0 aromatic carbocycles. The Balaban J connectivity index is 0.0000000996. The Bertz CT molecular complexity index is 535. The first kappa shape index (κ1) is 12.5. The molecule has 112 valence electrons. The van der Waals surface area contributed by atoms with Crippen molar-refractivity contribution in [2.24, 2.45) is 33.5 Å². The molecule has 0 unspecified atom stereocenters. The van der Waals surface area contributed by atoms with Crippen molar-refractivity contribution in [3.63, 3.8) is 0 Å². The van der Waals surface area contributed by atoms with Gasteiger partial charge >= 0.3 is 5.97 Å². The van der Waals surface area contributed by atoms with Crippen molar-refractivity contribution in [2.75, 3.05) is 6.54 Å². The fraction of sp³-hybridized carbons (Fsp3) is 0.889. The molecule has 0 heterocycles. The van der Waals surface area contributed by atoms with Gasteiger partial charge in [-0.05, 0) is 78.9 Å². The van der Waals surface area contributed by atoms with Crippen LogP contribution in [0.5, 0.6) is 0 Å². The lowest BCUT2D eigenvalue weighted by Crippen LogP contribution is -1.97. The van der Waals surface area contributed by atoms with Crippen LogP contribution < -0.4 is 0 Å². The molecule has 0 aromatic rings. The van der Waals surface area contributed by atoms with Crippen LogP contribution in [0.15, 0.2) is 0 Å². The molecule has 0 amide bonds. The number of nitrogens with zero attached hydrogens (tertiary/aromatic N) is 1. The highest BCUT2D eigenvalue weighted by Crippen LogP contribution is 2.93. The lowest BCUT2D eigenvalue weighted by Gasteiger charge is -1.88. The van der Waals surface area contributed by atoms with E-state index in [9.17, 15) is 4.79 Å². The Labute approximate surface area is 125 Å². The Morgan fingerprint density at radius 3 is 1.57 bits per heavy atom. The van der Waals surface area contributed by atoms with Crippen LogP contribution in [0.2, 0.25) is 0 Å². The van der Waals surface area contributed by atoms with E-state index in [1.165, 1.54) is 51.4 Å². The number of rotatable bonds is 3. The van der Waals surface area contributed by atoms with Crippen molar-refractivity contribution >= 4 is 5.97 Å². The summed E-state index contributed by atoms with van der Waals surface area (Å²) in [5.74, 6) is 0.829. The predicted octanol–water partition coefficient (Wildman–Crippen LogP) is 3.75. The summed E-state index contributed by atoms with van der Waals surface area (Å²) >= 11 is 0. The molecule has 0 radical (unpaired) electrons. The van der Waals surface area contributed by atoms with Gasteiger partial charge in [-0.2, -0.15) is 0 Å². The van der Waals surface area contributed by atoms with Gasteiger partial charge < -0.3 is 9.95 Å². The molecule has 0 atom stereocenters. The maximum atomic E-state index is 10.5. The van der Waals surface area contributed by atoms with Crippen molar-refractivity contribution in [3.05, 3.63) is 11.4 Å². The molecular formula is C18H23NO2. The average molecular weight is 285 g/mol. The van der Waals surface area contributed by atoms with Crippen molar-refractivity contribution in [1.82, 2.24) is 0 Å². The lowest BCUT2D eigenvalue weighted by atomic mass is 10.2.